The normalized spacial score (nSPS) is 11.5. The van der Waals surface area contributed by atoms with E-state index in [9.17, 15) is 5.26 Å². The van der Waals surface area contributed by atoms with Crippen LogP contribution in [0.3, 0.4) is 0 Å². The zero-order valence-electron chi connectivity index (χ0n) is 17.5. The molecule has 8 heteroatoms. The number of nitriles is 2. The average Bonchev–Trinajstić information content (AvgIpc) is 3.27. The highest BCUT2D eigenvalue weighted by molar-refractivity contribution is 6.43. The third-order valence-electron chi connectivity index (χ3n) is 5.18. The molecule has 33 heavy (non-hydrogen) atoms. The molecule has 0 N–H and O–H groups in total. The van der Waals surface area contributed by atoms with Crippen molar-refractivity contribution < 1.29 is 4.74 Å². The van der Waals surface area contributed by atoms with Crippen LogP contribution in [0.15, 0.2) is 67.3 Å². The van der Waals surface area contributed by atoms with Crippen LogP contribution in [0.2, 0.25) is 10.0 Å². The molecule has 0 saturated heterocycles. The van der Waals surface area contributed by atoms with Gasteiger partial charge >= 0.3 is 0 Å². The molecule has 2 aromatic carbocycles. The standard InChI is InChI=1S/C25H17Cl2N5O/c1-32-15-30-13-23(32)25(33-14-19-8-5-16(10-28)12-31-19)17-6-7-18(11-29)21(9-17)20-3-2-4-22(26)24(20)27/h2-9,12-13,15,25H,14H2,1H3. The van der Waals surface area contributed by atoms with Crippen molar-refractivity contribution >= 4 is 23.2 Å². The van der Waals surface area contributed by atoms with Gasteiger partial charge in [-0.3, -0.25) is 4.98 Å². The predicted molar refractivity (Wildman–Crippen MR) is 125 cm³/mol. The molecule has 0 fully saturated rings. The van der Waals surface area contributed by atoms with Crippen molar-refractivity contribution in [2.45, 2.75) is 12.7 Å². The van der Waals surface area contributed by atoms with Crippen molar-refractivity contribution in [3.05, 3.63) is 105 Å². The number of rotatable bonds is 6. The quantitative estimate of drug-likeness (QED) is 0.351. The first-order chi connectivity index (χ1) is 16.0. The Kier molecular flexibility index (Phi) is 6.72. The van der Waals surface area contributed by atoms with E-state index in [1.165, 1.54) is 6.20 Å². The van der Waals surface area contributed by atoms with Crippen molar-refractivity contribution in [2.24, 2.45) is 7.05 Å². The van der Waals surface area contributed by atoms with E-state index < -0.39 is 6.10 Å². The number of aryl methyl sites for hydroxylation is 1. The molecule has 6 nitrogen and oxygen atoms in total. The lowest BCUT2D eigenvalue weighted by Gasteiger charge is -2.20. The minimum Gasteiger partial charge on any atom is -0.361 e. The maximum atomic E-state index is 9.69. The molecule has 0 radical (unpaired) electrons. The van der Waals surface area contributed by atoms with Crippen LogP contribution in [0.25, 0.3) is 11.1 Å². The second-order valence-corrected chi connectivity index (χ2v) is 8.07. The molecule has 2 heterocycles. The van der Waals surface area contributed by atoms with Crippen molar-refractivity contribution in [3.8, 4) is 23.3 Å². The van der Waals surface area contributed by atoms with Gasteiger partial charge in [-0.2, -0.15) is 10.5 Å². The van der Waals surface area contributed by atoms with Gasteiger partial charge in [-0.05, 0) is 35.9 Å². The Labute approximate surface area is 201 Å². The summed E-state index contributed by atoms with van der Waals surface area (Å²) < 4.78 is 8.16. The average molecular weight is 474 g/mol. The molecule has 2 aromatic heterocycles. The first-order valence-electron chi connectivity index (χ1n) is 9.93. The molecule has 4 aromatic rings. The molecule has 4 rings (SSSR count). The molecular weight excluding hydrogens is 457 g/mol. The zero-order valence-corrected chi connectivity index (χ0v) is 19.0. The van der Waals surface area contributed by atoms with Gasteiger partial charge in [0.15, 0.2) is 0 Å². The minimum absolute atomic E-state index is 0.217. The SMILES string of the molecule is Cn1cncc1C(OCc1ccc(C#N)cn1)c1ccc(C#N)c(-c2cccc(Cl)c2Cl)c1. The van der Waals surface area contributed by atoms with Crippen LogP contribution in [-0.4, -0.2) is 14.5 Å². The number of nitrogens with zero attached hydrogens (tertiary/aromatic N) is 5. The summed E-state index contributed by atoms with van der Waals surface area (Å²) in [5, 5.41) is 19.5. The molecule has 0 bridgehead atoms. The monoisotopic (exact) mass is 473 g/mol. The first-order valence-corrected chi connectivity index (χ1v) is 10.7. The Morgan fingerprint density at radius 3 is 2.55 bits per heavy atom. The van der Waals surface area contributed by atoms with Crippen LogP contribution in [0.4, 0.5) is 0 Å². The lowest BCUT2D eigenvalue weighted by atomic mass is 9.95. The van der Waals surface area contributed by atoms with Gasteiger partial charge in [0.1, 0.15) is 12.2 Å². The Morgan fingerprint density at radius 1 is 1.03 bits per heavy atom. The topological polar surface area (TPSA) is 87.5 Å². The molecule has 0 aliphatic rings. The Balaban J connectivity index is 1.75. The van der Waals surface area contributed by atoms with Crippen molar-refractivity contribution in [1.82, 2.24) is 14.5 Å². The largest absolute Gasteiger partial charge is 0.361 e. The van der Waals surface area contributed by atoms with Crippen LogP contribution in [0.5, 0.6) is 0 Å². The first kappa shape index (κ1) is 22.5. The van der Waals surface area contributed by atoms with E-state index in [1.54, 1.807) is 42.9 Å². The number of aromatic nitrogens is 3. The van der Waals surface area contributed by atoms with Crippen molar-refractivity contribution in [3.63, 3.8) is 0 Å². The summed E-state index contributed by atoms with van der Waals surface area (Å²) in [6.45, 7) is 0.217. The fourth-order valence-corrected chi connectivity index (χ4v) is 3.88. The molecular formula is C25H17Cl2N5O. The van der Waals surface area contributed by atoms with E-state index in [4.69, 9.17) is 33.2 Å². The Bertz CT molecular complexity index is 1380. The van der Waals surface area contributed by atoms with E-state index in [0.717, 1.165) is 11.3 Å². The minimum atomic E-state index is -0.487. The molecule has 162 valence electrons. The Morgan fingerprint density at radius 2 is 1.88 bits per heavy atom. The summed E-state index contributed by atoms with van der Waals surface area (Å²) in [6, 6.07) is 18.6. The Hall–Kier alpha value is -3.68. The maximum Gasteiger partial charge on any atom is 0.125 e. The number of imidazole rings is 1. The van der Waals surface area contributed by atoms with Crippen molar-refractivity contribution in [1.29, 1.82) is 10.5 Å². The van der Waals surface area contributed by atoms with Crippen LogP contribution in [0.1, 0.15) is 34.2 Å². The summed E-state index contributed by atoms with van der Waals surface area (Å²) in [5.41, 5.74) is 4.62. The summed E-state index contributed by atoms with van der Waals surface area (Å²) in [5.74, 6) is 0. The van der Waals surface area contributed by atoms with E-state index in [2.05, 4.69) is 22.1 Å². The second kappa shape index (κ2) is 9.85. The summed E-state index contributed by atoms with van der Waals surface area (Å²) >= 11 is 12.7. The predicted octanol–water partition coefficient (Wildman–Crippen LogP) is 5.84. The molecule has 0 aliphatic carbocycles. The third-order valence-corrected chi connectivity index (χ3v) is 6.00. The van der Waals surface area contributed by atoms with Crippen molar-refractivity contribution in [2.75, 3.05) is 0 Å². The highest BCUT2D eigenvalue weighted by Crippen LogP contribution is 2.37. The molecule has 1 atom stereocenters. The van der Waals surface area contributed by atoms with E-state index in [-0.39, 0.29) is 6.61 Å². The summed E-state index contributed by atoms with van der Waals surface area (Å²) in [7, 11) is 1.89. The van der Waals surface area contributed by atoms with Gasteiger partial charge in [-0.1, -0.05) is 41.4 Å². The third kappa shape index (κ3) is 4.74. The fourth-order valence-electron chi connectivity index (χ4n) is 3.47. The number of pyridine rings is 1. The molecule has 0 saturated carbocycles. The fraction of sp³-hybridized carbons (Fsp3) is 0.120. The maximum absolute atomic E-state index is 9.69. The van der Waals surface area contributed by atoms with Crippen LogP contribution in [-0.2, 0) is 18.4 Å². The van der Waals surface area contributed by atoms with Gasteiger partial charge in [-0.15, -0.1) is 0 Å². The number of hydrogen-bond acceptors (Lipinski definition) is 5. The van der Waals surface area contributed by atoms with Crippen LogP contribution < -0.4 is 0 Å². The number of benzene rings is 2. The highest BCUT2D eigenvalue weighted by atomic mass is 35.5. The smallest absolute Gasteiger partial charge is 0.125 e. The lowest BCUT2D eigenvalue weighted by Crippen LogP contribution is -2.11. The van der Waals surface area contributed by atoms with E-state index in [1.807, 2.05) is 29.8 Å². The summed E-state index contributed by atoms with van der Waals surface area (Å²) in [4.78, 5) is 8.51. The number of hydrogen-bond donors (Lipinski definition) is 0. The highest BCUT2D eigenvalue weighted by Gasteiger charge is 2.21. The van der Waals surface area contributed by atoms with Gasteiger partial charge in [0.2, 0.25) is 0 Å². The van der Waals surface area contributed by atoms with Gasteiger partial charge in [0.25, 0.3) is 0 Å². The van der Waals surface area contributed by atoms with Gasteiger partial charge in [0, 0.05) is 24.4 Å². The van der Waals surface area contributed by atoms with Gasteiger partial charge < -0.3 is 9.30 Å². The molecule has 0 amide bonds. The van der Waals surface area contributed by atoms with Crippen LogP contribution >= 0.6 is 23.2 Å². The van der Waals surface area contributed by atoms with E-state index >= 15 is 0 Å². The number of halogens is 2. The second-order valence-electron chi connectivity index (χ2n) is 7.29. The van der Waals surface area contributed by atoms with Gasteiger partial charge in [-0.25, -0.2) is 4.98 Å². The molecule has 0 aliphatic heterocycles. The number of ether oxygens (including phenoxy) is 1. The van der Waals surface area contributed by atoms with Crippen LogP contribution in [0, 0.1) is 22.7 Å². The summed E-state index contributed by atoms with van der Waals surface area (Å²) in [6.07, 6.45) is 4.46. The lowest BCUT2D eigenvalue weighted by molar-refractivity contribution is 0.0601. The molecule has 0 spiro atoms. The molecule has 1 unspecified atom stereocenters. The van der Waals surface area contributed by atoms with Gasteiger partial charge in [0.05, 0.1) is 57.8 Å². The zero-order chi connectivity index (χ0) is 23.4. The van der Waals surface area contributed by atoms with E-state index in [0.29, 0.717) is 38.0 Å².